The van der Waals surface area contributed by atoms with Crippen molar-refractivity contribution in [3.63, 3.8) is 0 Å². The smallest absolute Gasteiger partial charge is 0.245 e. The van der Waals surface area contributed by atoms with Crippen LogP contribution in [0.3, 0.4) is 0 Å². The second-order valence-electron chi connectivity index (χ2n) is 5.64. The van der Waals surface area contributed by atoms with E-state index in [1.807, 2.05) is 19.1 Å². The Balaban J connectivity index is 2.83. The van der Waals surface area contributed by atoms with E-state index in [-0.39, 0.29) is 6.04 Å². The van der Waals surface area contributed by atoms with Gasteiger partial charge in [-0.05, 0) is 45.0 Å². The molecular weight excluding hydrogens is 288 g/mol. The van der Waals surface area contributed by atoms with E-state index >= 15 is 0 Å². The minimum absolute atomic E-state index is 0.229. The van der Waals surface area contributed by atoms with Gasteiger partial charge in [0.1, 0.15) is 4.75 Å². The first-order valence-electron chi connectivity index (χ1n) is 6.94. The Hall–Kier alpha value is -1.40. The van der Waals surface area contributed by atoms with E-state index in [4.69, 9.17) is 0 Å². The van der Waals surface area contributed by atoms with Crippen LogP contribution in [-0.2, 0) is 14.6 Å². The number of benzene rings is 1. The number of hydrogen-bond donors (Lipinski definition) is 2. The fourth-order valence-electron chi connectivity index (χ4n) is 1.73. The molecule has 0 radical (unpaired) electrons. The van der Waals surface area contributed by atoms with Gasteiger partial charge in [0, 0.05) is 18.0 Å². The topological polar surface area (TPSA) is 75.3 Å². The van der Waals surface area contributed by atoms with Crippen LogP contribution in [0.4, 0.5) is 5.69 Å². The number of rotatable bonds is 6. The summed E-state index contributed by atoms with van der Waals surface area (Å²) in [6.07, 6.45) is 1.06. The normalized spacial score (nSPS) is 13.8. The summed E-state index contributed by atoms with van der Waals surface area (Å²) in [6, 6.07) is 7.61. The lowest BCUT2D eigenvalue weighted by Gasteiger charge is -2.21. The van der Waals surface area contributed by atoms with Gasteiger partial charge in [-0.25, -0.2) is 8.42 Å². The maximum atomic E-state index is 12.1. The Morgan fingerprint density at radius 1 is 1.24 bits per heavy atom. The maximum Gasteiger partial charge on any atom is 0.245 e. The second kappa shape index (κ2) is 6.58. The van der Waals surface area contributed by atoms with Crippen molar-refractivity contribution in [3.05, 3.63) is 29.8 Å². The summed E-state index contributed by atoms with van der Waals surface area (Å²) < 4.78 is 21.8. The number of anilines is 1. The molecule has 0 aromatic heterocycles. The lowest BCUT2D eigenvalue weighted by molar-refractivity contribution is -0.117. The average molecular weight is 312 g/mol. The third kappa shape index (κ3) is 4.28. The summed E-state index contributed by atoms with van der Waals surface area (Å²) in [4.78, 5) is 12.1. The highest BCUT2D eigenvalue weighted by Gasteiger charge is 2.38. The van der Waals surface area contributed by atoms with Gasteiger partial charge in [0.2, 0.25) is 5.91 Å². The molecule has 1 amide bonds. The Kier molecular flexibility index (Phi) is 5.53. The molecule has 0 bridgehead atoms. The Morgan fingerprint density at radius 3 is 2.19 bits per heavy atom. The van der Waals surface area contributed by atoms with Crippen molar-refractivity contribution in [2.24, 2.45) is 0 Å². The largest absolute Gasteiger partial charge is 0.325 e. The molecule has 0 saturated heterocycles. The number of carbonyl (C=O) groups is 1. The highest BCUT2D eigenvalue weighted by Crippen LogP contribution is 2.20. The van der Waals surface area contributed by atoms with E-state index in [1.165, 1.54) is 13.8 Å². The van der Waals surface area contributed by atoms with Crippen LogP contribution < -0.4 is 10.6 Å². The molecule has 0 spiro atoms. The summed E-state index contributed by atoms with van der Waals surface area (Å²) in [6.45, 7) is 7.78. The molecule has 0 heterocycles. The van der Waals surface area contributed by atoms with Gasteiger partial charge in [0.05, 0.1) is 0 Å². The lowest BCUT2D eigenvalue weighted by Crippen LogP contribution is -2.43. The number of amides is 1. The van der Waals surface area contributed by atoms with E-state index in [9.17, 15) is 13.2 Å². The third-order valence-corrected chi connectivity index (χ3v) is 5.69. The van der Waals surface area contributed by atoms with Crippen LogP contribution in [0.1, 0.15) is 39.3 Å². The highest BCUT2D eigenvalue weighted by molar-refractivity contribution is 7.92. The van der Waals surface area contributed by atoms with Gasteiger partial charge in [-0.2, -0.15) is 0 Å². The fourth-order valence-corrected chi connectivity index (χ4v) is 2.12. The molecule has 1 unspecified atom stereocenters. The summed E-state index contributed by atoms with van der Waals surface area (Å²) in [7, 11) is -3.47. The minimum atomic E-state index is -3.47. The third-order valence-electron chi connectivity index (χ3n) is 3.65. The number of carbonyl (C=O) groups excluding carboxylic acids is 1. The van der Waals surface area contributed by atoms with Gasteiger partial charge in [0.15, 0.2) is 9.84 Å². The molecule has 21 heavy (non-hydrogen) atoms. The number of sulfone groups is 1. The van der Waals surface area contributed by atoms with Gasteiger partial charge in [-0.15, -0.1) is 0 Å². The zero-order chi connectivity index (χ0) is 16.3. The molecule has 1 atom stereocenters. The standard InChI is InChI=1S/C15H24N2O3S/c1-6-16-11(2)12-7-9-13(10-8-12)17-14(18)15(3,4)21(5,19)20/h7-11,16H,6H2,1-5H3,(H,17,18). The zero-order valence-corrected chi connectivity index (χ0v) is 14.0. The summed E-state index contributed by atoms with van der Waals surface area (Å²) in [5.41, 5.74) is 1.70. The van der Waals surface area contributed by atoms with Crippen molar-refractivity contribution in [3.8, 4) is 0 Å². The number of nitrogens with one attached hydrogen (secondary N) is 2. The number of hydrogen-bond acceptors (Lipinski definition) is 4. The maximum absolute atomic E-state index is 12.1. The molecule has 5 nitrogen and oxygen atoms in total. The van der Waals surface area contributed by atoms with Crippen LogP contribution in [0, 0.1) is 0 Å². The van der Waals surface area contributed by atoms with Crippen molar-refractivity contribution in [1.82, 2.24) is 5.32 Å². The average Bonchev–Trinajstić information content (AvgIpc) is 2.38. The second-order valence-corrected chi connectivity index (χ2v) is 8.20. The van der Waals surface area contributed by atoms with E-state index in [0.29, 0.717) is 5.69 Å². The van der Waals surface area contributed by atoms with Crippen LogP contribution in [0.25, 0.3) is 0 Å². The quantitative estimate of drug-likeness (QED) is 0.843. The van der Waals surface area contributed by atoms with Gasteiger partial charge >= 0.3 is 0 Å². The van der Waals surface area contributed by atoms with E-state index in [1.54, 1.807) is 12.1 Å². The van der Waals surface area contributed by atoms with Crippen molar-refractivity contribution in [1.29, 1.82) is 0 Å². The SMILES string of the molecule is CCNC(C)c1ccc(NC(=O)C(C)(C)S(C)(=O)=O)cc1. The Bertz CT molecular complexity index is 592. The Labute approximate surface area is 127 Å². The van der Waals surface area contributed by atoms with Crippen molar-refractivity contribution in [2.75, 3.05) is 18.1 Å². The first kappa shape index (κ1) is 17.7. The molecule has 1 rings (SSSR count). The molecule has 0 aliphatic carbocycles. The first-order valence-corrected chi connectivity index (χ1v) is 8.83. The van der Waals surface area contributed by atoms with Crippen molar-refractivity contribution in [2.45, 2.75) is 38.5 Å². The predicted molar refractivity (Wildman–Crippen MR) is 86.1 cm³/mol. The summed E-state index contributed by atoms with van der Waals surface area (Å²) >= 11 is 0. The zero-order valence-electron chi connectivity index (χ0n) is 13.2. The molecule has 0 fully saturated rings. The summed E-state index contributed by atoms with van der Waals surface area (Å²) in [5, 5.41) is 5.95. The van der Waals surface area contributed by atoms with Gasteiger partial charge in [-0.3, -0.25) is 4.79 Å². The highest BCUT2D eigenvalue weighted by atomic mass is 32.2. The molecule has 1 aromatic carbocycles. The molecular formula is C15H24N2O3S. The van der Waals surface area contributed by atoms with E-state index < -0.39 is 20.5 Å². The van der Waals surface area contributed by atoms with Crippen molar-refractivity contribution < 1.29 is 13.2 Å². The lowest BCUT2D eigenvalue weighted by atomic mass is 10.1. The van der Waals surface area contributed by atoms with Crippen LogP contribution in [0.5, 0.6) is 0 Å². The summed E-state index contributed by atoms with van der Waals surface area (Å²) in [5.74, 6) is -0.530. The van der Waals surface area contributed by atoms with Crippen LogP contribution >= 0.6 is 0 Å². The monoisotopic (exact) mass is 312 g/mol. The predicted octanol–water partition coefficient (Wildman–Crippen LogP) is 2.12. The van der Waals surface area contributed by atoms with Crippen LogP contribution in [-0.4, -0.2) is 31.9 Å². The molecule has 118 valence electrons. The molecule has 0 saturated carbocycles. The van der Waals surface area contributed by atoms with Crippen LogP contribution in [0.15, 0.2) is 24.3 Å². The minimum Gasteiger partial charge on any atom is -0.325 e. The first-order chi connectivity index (χ1) is 9.59. The van der Waals surface area contributed by atoms with Gasteiger partial charge < -0.3 is 10.6 Å². The van der Waals surface area contributed by atoms with Crippen molar-refractivity contribution >= 4 is 21.4 Å². The Morgan fingerprint density at radius 2 is 1.76 bits per heavy atom. The van der Waals surface area contributed by atoms with Gasteiger partial charge in [0.25, 0.3) is 0 Å². The fraction of sp³-hybridized carbons (Fsp3) is 0.533. The molecule has 6 heteroatoms. The molecule has 0 aliphatic rings. The van der Waals surface area contributed by atoms with E-state index in [2.05, 4.69) is 17.6 Å². The molecule has 0 aliphatic heterocycles. The van der Waals surface area contributed by atoms with Crippen LogP contribution in [0.2, 0.25) is 0 Å². The van der Waals surface area contributed by atoms with Gasteiger partial charge in [-0.1, -0.05) is 19.1 Å². The molecule has 2 N–H and O–H groups in total. The van der Waals surface area contributed by atoms with E-state index in [0.717, 1.165) is 18.4 Å². The molecule has 1 aromatic rings.